The molecule has 1 aliphatic rings. The maximum Gasteiger partial charge on any atom is 0.341 e. The van der Waals surface area contributed by atoms with Gasteiger partial charge in [0.05, 0.1) is 17.9 Å². The van der Waals surface area contributed by atoms with Gasteiger partial charge in [0, 0.05) is 22.7 Å². The van der Waals surface area contributed by atoms with E-state index < -0.39 is 0 Å². The third-order valence-corrected chi connectivity index (χ3v) is 7.41. The standard InChI is InChI=1S/C25H29N5O3S/c1-13(2)33-25(32)22-19-7-6-14(3)10-20(19)34-24(22)29-21(31)9-8-18-15(4)28-23-17(11-26)12-27-30(23)16(18)5/h12-14H,6-10H2,1-5H3,(H,29,31). The Bertz CT molecular complexity index is 1310. The zero-order valence-electron chi connectivity index (χ0n) is 20.2. The number of esters is 1. The van der Waals surface area contributed by atoms with Gasteiger partial charge in [-0.3, -0.25) is 4.79 Å². The van der Waals surface area contributed by atoms with Gasteiger partial charge in [0.25, 0.3) is 0 Å². The Labute approximate surface area is 203 Å². The Hall–Kier alpha value is -3.25. The van der Waals surface area contributed by atoms with Crippen LogP contribution >= 0.6 is 11.3 Å². The van der Waals surface area contributed by atoms with Crippen LogP contribution in [0.2, 0.25) is 0 Å². The molecule has 0 spiro atoms. The number of nitriles is 1. The molecule has 178 valence electrons. The molecule has 0 aromatic carbocycles. The van der Waals surface area contributed by atoms with Crippen LogP contribution in [0.3, 0.4) is 0 Å². The van der Waals surface area contributed by atoms with E-state index in [4.69, 9.17) is 4.74 Å². The van der Waals surface area contributed by atoms with Crippen LogP contribution in [0.25, 0.3) is 5.65 Å². The SMILES string of the molecule is Cc1nc2c(C#N)cnn2c(C)c1CCC(=O)Nc1sc2c(c1C(=O)OC(C)C)CCC(C)C2. The fraction of sp³-hybridized carbons (Fsp3) is 0.480. The molecule has 1 unspecified atom stereocenters. The highest BCUT2D eigenvalue weighted by Crippen LogP contribution is 2.40. The van der Waals surface area contributed by atoms with Crippen LogP contribution in [0, 0.1) is 31.1 Å². The summed E-state index contributed by atoms with van der Waals surface area (Å²) in [7, 11) is 0. The topological polar surface area (TPSA) is 109 Å². The Balaban J connectivity index is 1.55. The van der Waals surface area contributed by atoms with Gasteiger partial charge in [0.1, 0.15) is 16.6 Å². The van der Waals surface area contributed by atoms with E-state index in [0.29, 0.717) is 34.1 Å². The molecule has 0 bridgehead atoms. The molecule has 8 nitrogen and oxygen atoms in total. The Morgan fingerprint density at radius 2 is 2.15 bits per heavy atom. The molecule has 1 N–H and O–H groups in total. The van der Waals surface area contributed by atoms with Crippen LogP contribution < -0.4 is 5.32 Å². The molecular weight excluding hydrogens is 450 g/mol. The summed E-state index contributed by atoms with van der Waals surface area (Å²) in [4.78, 5) is 31.5. The molecule has 1 amide bonds. The van der Waals surface area contributed by atoms with Crippen molar-refractivity contribution in [3.05, 3.63) is 44.7 Å². The van der Waals surface area contributed by atoms with Gasteiger partial charge >= 0.3 is 5.97 Å². The number of ether oxygens (including phenoxy) is 1. The normalized spacial score (nSPS) is 15.3. The largest absolute Gasteiger partial charge is 0.459 e. The average Bonchev–Trinajstić information content (AvgIpc) is 3.33. The number of amides is 1. The van der Waals surface area contributed by atoms with Gasteiger partial charge < -0.3 is 10.1 Å². The number of aromatic nitrogens is 3. The number of anilines is 1. The van der Waals surface area contributed by atoms with Gasteiger partial charge in [-0.25, -0.2) is 14.3 Å². The lowest BCUT2D eigenvalue weighted by Gasteiger charge is -2.19. The van der Waals surface area contributed by atoms with Gasteiger partial charge in [0.15, 0.2) is 5.65 Å². The molecule has 1 aliphatic carbocycles. The van der Waals surface area contributed by atoms with Gasteiger partial charge in [-0.1, -0.05) is 6.92 Å². The number of hydrogen-bond acceptors (Lipinski definition) is 7. The molecule has 3 aromatic heterocycles. The van der Waals surface area contributed by atoms with Crippen LogP contribution in [-0.4, -0.2) is 32.6 Å². The van der Waals surface area contributed by atoms with Crippen molar-refractivity contribution in [2.24, 2.45) is 5.92 Å². The molecule has 34 heavy (non-hydrogen) atoms. The van der Waals surface area contributed by atoms with Crippen molar-refractivity contribution < 1.29 is 14.3 Å². The zero-order valence-corrected chi connectivity index (χ0v) is 21.0. The van der Waals surface area contributed by atoms with Crippen LogP contribution in [0.15, 0.2) is 6.20 Å². The summed E-state index contributed by atoms with van der Waals surface area (Å²) in [6, 6.07) is 2.10. The number of thiophene rings is 1. The summed E-state index contributed by atoms with van der Waals surface area (Å²) in [6.07, 6.45) is 4.74. The lowest BCUT2D eigenvalue weighted by Crippen LogP contribution is -2.19. The monoisotopic (exact) mass is 479 g/mol. The number of fused-ring (bicyclic) bond motifs is 2. The van der Waals surface area contributed by atoms with Crippen LogP contribution in [0.4, 0.5) is 5.00 Å². The first kappa shape index (κ1) is 23.9. The van der Waals surface area contributed by atoms with Crippen molar-refractivity contribution in [2.75, 3.05) is 5.32 Å². The summed E-state index contributed by atoms with van der Waals surface area (Å²) >= 11 is 1.49. The molecule has 0 fully saturated rings. The number of aryl methyl sites for hydroxylation is 2. The lowest BCUT2D eigenvalue weighted by molar-refractivity contribution is -0.116. The molecule has 0 aliphatic heterocycles. The minimum Gasteiger partial charge on any atom is -0.459 e. The summed E-state index contributed by atoms with van der Waals surface area (Å²) < 4.78 is 7.14. The second-order valence-electron chi connectivity index (χ2n) is 9.22. The molecule has 3 heterocycles. The minimum absolute atomic E-state index is 0.165. The molecule has 3 aromatic rings. The Kier molecular flexibility index (Phi) is 6.71. The van der Waals surface area contributed by atoms with Gasteiger partial charge in [-0.15, -0.1) is 11.3 Å². The smallest absolute Gasteiger partial charge is 0.341 e. The molecule has 1 atom stereocenters. The van der Waals surface area contributed by atoms with Crippen molar-refractivity contribution in [3.63, 3.8) is 0 Å². The maximum atomic E-state index is 13.0. The van der Waals surface area contributed by atoms with Crippen molar-refractivity contribution >= 4 is 33.9 Å². The van der Waals surface area contributed by atoms with E-state index >= 15 is 0 Å². The first-order valence-electron chi connectivity index (χ1n) is 11.6. The van der Waals surface area contributed by atoms with E-state index in [9.17, 15) is 14.9 Å². The van der Waals surface area contributed by atoms with Crippen molar-refractivity contribution in [1.82, 2.24) is 14.6 Å². The summed E-state index contributed by atoms with van der Waals surface area (Å²) in [5.41, 5.74) is 5.05. The van der Waals surface area contributed by atoms with Gasteiger partial charge in [-0.2, -0.15) is 10.4 Å². The average molecular weight is 480 g/mol. The Morgan fingerprint density at radius 3 is 2.85 bits per heavy atom. The van der Waals surface area contributed by atoms with Crippen LogP contribution in [0.1, 0.15) is 76.9 Å². The predicted molar refractivity (Wildman–Crippen MR) is 130 cm³/mol. The molecule has 0 saturated heterocycles. The number of carbonyl (C=O) groups is 2. The first-order chi connectivity index (χ1) is 16.2. The van der Waals surface area contributed by atoms with E-state index in [1.807, 2.05) is 27.7 Å². The number of hydrogen-bond donors (Lipinski definition) is 1. The van der Waals surface area contributed by atoms with Crippen molar-refractivity contribution in [2.45, 2.75) is 72.8 Å². The Morgan fingerprint density at radius 1 is 1.38 bits per heavy atom. The maximum absolute atomic E-state index is 13.0. The molecular formula is C25H29N5O3S. The van der Waals surface area contributed by atoms with E-state index in [-0.39, 0.29) is 24.4 Å². The molecule has 4 rings (SSSR count). The van der Waals surface area contributed by atoms with Gasteiger partial charge in [0.2, 0.25) is 5.91 Å². The van der Waals surface area contributed by atoms with Crippen LogP contribution in [0.5, 0.6) is 0 Å². The fourth-order valence-corrected chi connectivity index (χ4v) is 5.92. The second-order valence-corrected chi connectivity index (χ2v) is 10.3. The van der Waals surface area contributed by atoms with E-state index in [1.54, 1.807) is 4.52 Å². The second kappa shape index (κ2) is 9.55. The minimum atomic E-state index is -0.370. The number of carbonyl (C=O) groups excluding carboxylic acids is 2. The third-order valence-electron chi connectivity index (χ3n) is 6.24. The highest BCUT2D eigenvalue weighted by Gasteiger charge is 2.29. The van der Waals surface area contributed by atoms with Crippen molar-refractivity contribution in [1.29, 1.82) is 5.26 Å². The highest BCUT2D eigenvalue weighted by molar-refractivity contribution is 7.17. The first-order valence-corrected chi connectivity index (χ1v) is 12.4. The van der Waals surface area contributed by atoms with E-state index in [2.05, 4.69) is 28.4 Å². The van der Waals surface area contributed by atoms with Crippen molar-refractivity contribution in [3.8, 4) is 6.07 Å². The third kappa shape index (κ3) is 4.55. The predicted octanol–water partition coefficient (Wildman–Crippen LogP) is 4.54. The number of nitrogens with zero attached hydrogens (tertiary/aromatic N) is 4. The fourth-order valence-electron chi connectivity index (χ4n) is 4.51. The summed E-state index contributed by atoms with van der Waals surface area (Å²) in [5.74, 6) is 0.0221. The lowest BCUT2D eigenvalue weighted by atomic mass is 9.88. The summed E-state index contributed by atoms with van der Waals surface area (Å²) in [5, 5.41) is 17.1. The number of rotatable bonds is 6. The molecule has 0 radical (unpaired) electrons. The highest BCUT2D eigenvalue weighted by atomic mass is 32.1. The van der Waals surface area contributed by atoms with Gasteiger partial charge in [-0.05, 0) is 70.4 Å². The zero-order chi connectivity index (χ0) is 24.6. The van der Waals surface area contributed by atoms with Crippen LogP contribution in [-0.2, 0) is 28.8 Å². The summed E-state index contributed by atoms with van der Waals surface area (Å²) in [6.45, 7) is 9.65. The number of nitrogens with one attached hydrogen (secondary N) is 1. The quantitative estimate of drug-likeness (QED) is 0.520. The molecule has 9 heteroatoms. The van der Waals surface area contributed by atoms with E-state index in [1.165, 1.54) is 17.5 Å². The van der Waals surface area contributed by atoms with E-state index in [0.717, 1.165) is 46.7 Å². The molecule has 0 saturated carbocycles.